The summed E-state index contributed by atoms with van der Waals surface area (Å²) in [6.07, 6.45) is 3.79. The van der Waals surface area contributed by atoms with Crippen LogP contribution in [0.1, 0.15) is 22.3 Å². The molecule has 32 heavy (non-hydrogen) atoms. The van der Waals surface area contributed by atoms with Crippen molar-refractivity contribution in [2.75, 3.05) is 7.11 Å². The standard InChI is InChI=1S/C29H28O3/c1-31-28-6-2-4-24(20-28)10-11-25-5-3-7-29(21-25)32-27-18-14-23(15-19-27)9-8-22-12-16-26(30)17-13-22/h2-7,12-21,30H,8-11H2,1H3. The summed E-state index contributed by atoms with van der Waals surface area (Å²) in [4.78, 5) is 0. The lowest BCUT2D eigenvalue weighted by atomic mass is 10.0. The van der Waals surface area contributed by atoms with Gasteiger partial charge in [0.25, 0.3) is 0 Å². The van der Waals surface area contributed by atoms with Gasteiger partial charge in [0, 0.05) is 0 Å². The molecule has 3 heteroatoms. The number of phenolic OH excluding ortho intramolecular Hbond substituents is 1. The summed E-state index contributed by atoms with van der Waals surface area (Å²) in [7, 11) is 1.70. The Hall–Kier alpha value is -3.72. The smallest absolute Gasteiger partial charge is 0.127 e. The molecule has 0 aliphatic rings. The molecule has 162 valence electrons. The molecule has 4 aromatic rings. The third-order valence-corrected chi connectivity index (χ3v) is 5.53. The van der Waals surface area contributed by atoms with Gasteiger partial charge < -0.3 is 14.6 Å². The number of methoxy groups -OCH3 is 1. The van der Waals surface area contributed by atoms with Crippen LogP contribution in [0.25, 0.3) is 0 Å². The molecule has 0 unspecified atom stereocenters. The third-order valence-electron chi connectivity index (χ3n) is 5.53. The SMILES string of the molecule is COc1cccc(CCc2cccc(Oc3ccc(CCc4ccc(O)cc4)cc3)c2)c1. The molecule has 0 bridgehead atoms. The Morgan fingerprint density at radius 2 is 1.03 bits per heavy atom. The Bertz CT molecular complexity index is 1130. The van der Waals surface area contributed by atoms with Gasteiger partial charge in [0.05, 0.1) is 7.11 Å². The molecule has 1 N–H and O–H groups in total. The predicted octanol–water partition coefficient (Wildman–Crippen LogP) is 6.76. The van der Waals surface area contributed by atoms with Gasteiger partial charge >= 0.3 is 0 Å². The van der Waals surface area contributed by atoms with Crippen LogP contribution in [0.2, 0.25) is 0 Å². The van der Waals surface area contributed by atoms with Crippen molar-refractivity contribution in [1.29, 1.82) is 0 Å². The fraction of sp³-hybridized carbons (Fsp3) is 0.172. The maximum absolute atomic E-state index is 9.39. The van der Waals surface area contributed by atoms with Crippen molar-refractivity contribution in [1.82, 2.24) is 0 Å². The first-order valence-corrected chi connectivity index (χ1v) is 10.9. The molecule has 4 aromatic carbocycles. The van der Waals surface area contributed by atoms with Gasteiger partial charge in [-0.25, -0.2) is 0 Å². The Labute approximate surface area is 189 Å². The minimum atomic E-state index is 0.305. The lowest BCUT2D eigenvalue weighted by Gasteiger charge is -2.09. The van der Waals surface area contributed by atoms with E-state index in [9.17, 15) is 5.11 Å². The van der Waals surface area contributed by atoms with Crippen molar-refractivity contribution in [3.8, 4) is 23.0 Å². The third kappa shape index (κ3) is 6.14. The Kier molecular flexibility index (Phi) is 7.08. The number of hydrogen-bond donors (Lipinski definition) is 1. The number of aryl methyl sites for hydroxylation is 4. The van der Waals surface area contributed by atoms with Gasteiger partial charge in [-0.15, -0.1) is 0 Å². The van der Waals surface area contributed by atoms with Crippen LogP contribution in [0.15, 0.2) is 97.1 Å². The van der Waals surface area contributed by atoms with Gasteiger partial charge in [-0.3, -0.25) is 0 Å². The Balaban J connectivity index is 1.32. The molecule has 0 radical (unpaired) electrons. The Morgan fingerprint density at radius 3 is 1.62 bits per heavy atom. The zero-order valence-electron chi connectivity index (χ0n) is 18.3. The van der Waals surface area contributed by atoms with Crippen LogP contribution < -0.4 is 9.47 Å². The van der Waals surface area contributed by atoms with E-state index in [1.54, 1.807) is 19.2 Å². The van der Waals surface area contributed by atoms with E-state index in [0.717, 1.165) is 42.9 Å². The van der Waals surface area contributed by atoms with Crippen molar-refractivity contribution >= 4 is 0 Å². The summed E-state index contributed by atoms with van der Waals surface area (Å²) in [6.45, 7) is 0. The van der Waals surface area contributed by atoms with Crippen LogP contribution in [0.3, 0.4) is 0 Å². The van der Waals surface area contributed by atoms with E-state index in [0.29, 0.717) is 5.75 Å². The lowest BCUT2D eigenvalue weighted by molar-refractivity contribution is 0.414. The highest BCUT2D eigenvalue weighted by Gasteiger charge is 2.03. The van der Waals surface area contributed by atoms with Crippen LogP contribution in [0, 0.1) is 0 Å². The summed E-state index contributed by atoms with van der Waals surface area (Å²) in [5.74, 6) is 2.89. The highest BCUT2D eigenvalue weighted by Crippen LogP contribution is 2.24. The number of aromatic hydroxyl groups is 1. The van der Waals surface area contributed by atoms with E-state index in [-0.39, 0.29) is 0 Å². The molecule has 0 heterocycles. The molecular formula is C29H28O3. The van der Waals surface area contributed by atoms with Crippen molar-refractivity contribution in [3.05, 3.63) is 119 Å². The van der Waals surface area contributed by atoms with Crippen LogP contribution in [0.5, 0.6) is 23.0 Å². The summed E-state index contributed by atoms with van der Waals surface area (Å²) in [5, 5.41) is 9.39. The molecular weight excluding hydrogens is 396 g/mol. The second-order valence-electron chi connectivity index (χ2n) is 7.91. The zero-order valence-corrected chi connectivity index (χ0v) is 18.3. The van der Waals surface area contributed by atoms with Crippen LogP contribution in [0.4, 0.5) is 0 Å². The first kappa shape index (κ1) is 21.5. The molecule has 3 nitrogen and oxygen atoms in total. The van der Waals surface area contributed by atoms with E-state index in [1.165, 1.54) is 22.3 Å². The first-order chi connectivity index (χ1) is 15.7. The van der Waals surface area contributed by atoms with E-state index >= 15 is 0 Å². The second kappa shape index (κ2) is 10.5. The van der Waals surface area contributed by atoms with Gasteiger partial charge in [-0.2, -0.15) is 0 Å². The average Bonchev–Trinajstić information content (AvgIpc) is 2.84. The number of phenols is 1. The van der Waals surface area contributed by atoms with Gasteiger partial charge in [-0.05, 0) is 96.5 Å². The van der Waals surface area contributed by atoms with Crippen molar-refractivity contribution in [2.45, 2.75) is 25.7 Å². The molecule has 0 aliphatic heterocycles. The van der Waals surface area contributed by atoms with Gasteiger partial charge in [-0.1, -0.05) is 48.5 Å². The number of benzene rings is 4. The van der Waals surface area contributed by atoms with Crippen molar-refractivity contribution in [3.63, 3.8) is 0 Å². The van der Waals surface area contributed by atoms with Gasteiger partial charge in [0.1, 0.15) is 23.0 Å². The topological polar surface area (TPSA) is 38.7 Å². The molecule has 0 spiro atoms. The molecule has 0 fully saturated rings. The van der Waals surface area contributed by atoms with Gasteiger partial charge in [0.2, 0.25) is 0 Å². The van der Waals surface area contributed by atoms with E-state index in [2.05, 4.69) is 36.4 Å². The van der Waals surface area contributed by atoms with Gasteiger partial charge in [0.15, 0.2) is 0 Å². The minimum Gasteiger partial charge on any atom is -0.508 e. The lowest BCUT2D eigenvalue weighted by Crippen LogP contribution is -1.94. The van der Waals surface area contributed by atoms with E-state index in [1.807, 2.05) is 48.5 Å². The first-order valence-electron chi connectivity index (χ1n) is 10.9. The maximum atomic E-state index is 9.39. The Morgan fingerprint density at radius 1 is 0.531 bits per heavy atom. The fourth-order valence-corrected chi connectivity index (χ4v) is 3.69. The van der Waals surface area contributed by atoms with Crippen LogP contribution in [-0.4, -0.2) is 12.2 Å². The molecule has 0 saturated carbocycles. The van der Waals surface area contributed by atoms with E-state index in [4.69, 9.17) is 9.47 Å². The molecule has 4 rings (SSSR count). The molecule has 0 aliphatic carbocycles. The molecule has 0 saturated heterocycles. The highest BCUT2D eigenvalue weighted by atomic mass is 16.5. The maximum Gasteiger partial charge on any atom is 0.127 e. The largest absolute Gasteiger partial charge is 0.508 e. The van der Waals surface area contributed by atoms with Crippen molar-refractivity contribution < 1.29 is 14.6 Å². The quantitative estimate of drug-likeness (QED) is 0.322. The normalized spacial score (nSPS) is 10.7. The summed E-state index contributed by atoms with van der Waals surface area (Å²) in [6, 6.07) is 32.2. The minimum absolute atomic E-state index is 0.305. The van der Waals surface area contributed by atoms with Crippen LogP contribution >= 0.6 is 0 Å². The summed E-state index contributed by atoms with van der Waals surface area (Å²) < 4.78 is 11.4. The molecule has 0 atom stereocenters. The second-order valence-corrected chi connectivity index (χ2v) is 7.91. The summed E-state index contributed by atoms with van der Waals surface area (Å²) in [5.41, 5.74) is 4.99. The zero-order chi connectivity index (χ0) is 22.2. The number of rotatable bonds is 9. The number of hydrogen-bond acceptors (Lipinski definition) is 3. The summed E-state index contributed by atoms with van der Waals surface area (Å²) >= 11 is 0. The molecule has 0 aromatic heterocycles. The van der Waals surface area contributed by atoms with Crippen molar-refractivity contribution in [2.24, 2.45) is 0 Å². The monoisotopic (exact) mass is 424 g/mol. The van der Waals surface area contributed by atoms with Crippen LogP contribution in [-0.2, 0) is 25.7 Å². The fourth-order valence-electron chi connectivity index (χ4n) is 3.69. The van der Waals surface area contributed by atoms with E-state index < -0.39 is 0 Å². The number of ether oxygens (including phenoxy) is 2. The predicted molar refractivity (Wildman–Crippen MR) is 129 cm³/mol. The molecule has 0 amide bonds. The average molecular weight is 425 g/mol. The highest BCUT2D eigenvalue weighted by molar-refractivity contribution is 5.36.